The molecule has 0 aliphatic carbocycles. The number of halogens is 3. The SMILES string of the molecule is CCN(CC(C)(C)O)C(=O)Cc1ccc(OC(F)(F)F)cc1. The van der Waals surface area contributed by atoms with Gasteiger partial charge in [0.15, 0.2) is 0 Å². The van der Waals surface area contributed by atoms with Gasteiger partial charge in [0.05, 0.1) is 12.0 Å². The van der Waals surface area contributed by atoms with Crippen LogP contribution in [-0.2, 0) is 11.2 Å². The Labute approximate surface area is 127 Å². The highest BCUT2D eigenvalue weighted by Crippen LogP contribution is 2.23. The number of ether oxygens (including phenoxy) is 1. The predicted molar refractivity (Wildman–Crippen MR) is 75.4 cm³/mol. The summed E-state index contributed by atoms with van der Waals surface area (Å²) in [7, 11) is 0. The van der Waals surface area contributed by atoms with Gasteiger partial charge in [0, 0.05) is 13.1 Å². The lowest BCUT2D eigenvalue weighted by molar-refractivity contribution is -0.274. The molecule has 0 saturated carbocycles. The zero-order chi connectivity index (χ0) is 17.0. The van der Waals surface area contributed by atoms with Crippen LogP contribution in [0.5, 0.6) is 5.75 Å². The Morgan fingerprint density at radius 1 is 1.23 bits per heavy atom. The fraction of sp³-hybridized carbons (Fsp3) is 0.533. The highest BCUT2D eigenvalue weighted by atomic mass is 19.4. The van der Waals surface area contributed by atoms with E-state index in [2.05, 4.69) is 4.74 Å². The van der Waals surface area contributed by atoms with Crippen LogP contribution in [0, 0.1) is 0 Å². The molecule has 1 rings (SSSR count). The number of hydrogen-bond acceptors (Lipinski definition) is 3. The highest BCUT2D eigenvalue weighted by Gasteiger charge is 2.31. The molecule has 0 heterocycles. The molecular weight excluding hydrogens is 299 g/mol. The van der Waals surface area contributed by atoms with Crippen molar-refractivity contribution in [3.05, 3.63) is 29.8 Å². The minimum absolute atomic E-state index is 0.0518. The maximum absolute atomic E-state index is 12.1. The summed E-state index contributed by atoms with van der Waals surface area (Å²) in [5.41, 5.74) is -0.426. The summed E-state index contributed by atoms with van der Waals surface area (Å²) in [5, 5.41) is 9.76. The predicted octanol–water partition coefficient (Wildman–Crippen LogP) is 2.75. The smallest absolute Gasteiger partial charge is 0.406 e. The van der Waals surface area contributed by atoms with Gasteiger partial charge in [-0.25, -0.2) is 0 Å². The average molecular weight is 319 g/mol. The largest absolute Gasteiger partial charge is 0.573 e. The van der Waals surface area contributed by atoms with Crippen LogP contribution < -0.4 is 4.74 Å². The van der Waals surface area contributed by atoms with Crippen molar-refractivity contribution in [3.63, 3.8) is 0 Å². The number of rotatable bonds is 6. The van der Waals surface area contributed by atoms with Gasteiger partial charge < -0.3 is 14.7 Å². The van der Waals surface area contributed by atoms with Crippen LogP contribution in [-0.4, -0.2) is 41.0 Å². The molecule has 1 aromatic rings. The molecule has 22 heavy (non-hydrogen) atoms. The van der Waals surface area contributed by atoms with Crippen molar-refractivity contribution < 1.29 is 27.8 Å². The lowest BCUT2D eigenvalue weighted by atomic mass is 10.1. The molecule has 0 saturated heterocycles. The number of alkyl halides is 3. The molecule has 0 atom stereocenters. The number of amides is 1. The average Bonchev–Trinajstić information content (AvgIpc) is 2.35. The molecule has 124 valence electrons. The van der Waals surface area contributed by atoms with E-state index in [0.29, 0.717) is 12.1 Å². The lowest BCUT2D eigenvalue weighted by Crippen LogP contribution is -2.42. The summed E-state index contributed by atoms with van der Waals surface area (Å²) in [6, 6.07) is 5.17. The molecule has 0 aromatic heterocycles. The molecule has 0 spiro atoms. The summed E-state index contributed by atoms with van der Waals surface area (Å²) < 4.78 is 39.9. The topological polar surface area (TPSA) is 49.8 Å². The number of likely N-dealkylation sites (N-methyl/N-ethyl adjacent to an activating group) is 1. The molecule has 0 aliphatic rings. The van der Waals surface area contributed by atoms with Gasteiger partial charge in [0.2, 0.25) is 5.91 Å². The van der Waals surface area contributed by atoms with Gasteiger partial charge in [-0.1, -0.05) is 12.1 Å². The van der Waals surface area contributed by atoms with Gasteiger partial charge in [-0.15, -0.1) is 13.2 Å². The summed E-state index contributed by atoms with van der Waals surface area (Å²) in [4.78, 5) is 13.6. The van der Waals surface area contributed by atoms with E-state index in [-0.39, 0.29) is 24.6 Å². The summed E-state index contributed by atoms with van der Waals surface area (Å²) in [6.45, 7) is 5.64. The van der Waals surface area contributed by atoms with Crippen molar-refractivity contribution in [3.8, 4) is 5.75 Å². The van der Waals surface area contributed by atoms with E-state index < -0.39 is 12.0 Å². The minimum atomic E-state index is -4.73. The first-order chi connectivity index (χ1) is 10.00. The van der Waals surface area contributed by atoms with Gasteiger partial charge in [0.1, 0.15) is 5.75 Å². The number of carbonyl (C=O) groups is 1. The quantitative estimate of drug-likeness (QED) is 0.877. The van der Waals surface area contributed by atoms with Gasteiger partial charge in [-0.3, -0.25) is 4.79 Å². The van der Waals surface area contributed by atoms with Crippen molar-refractivity contribution in [2.45, 2.75) is 39.2 Å². The van der Waals surface area contributed by atoms with Crippen LogP contribution >= 0.6 is 0 Å². The molecular formula is C15H20F3NO3. The van der Waals surface area contributed by atoms with Crippen molar-refractivity contribution in [1.82, 2.24) is 4.90 Å². The molecule has 1 aromatic carbocycles. The molecule has 0 aliphatic heterocycles. The summed E-state index contributed by atoms with van der Waals surface area (Å²) >= 11 is 0. The zero-order valence-electron chi connectivity index (χ0n) is 12.8. The molecule has 0 unspecified atom stereocenters. The van der Waals surface area contributed by atoms with E-state index in [0.717, 1.165) is 0 Å². The van der Waals surface area contributed by atoms with Crippen LogP contribution in [0.25, 0.3) is 0 Å². The molecule has 0 bridgehead atoms. The van der Waals surface area contributed by atoms with Crippen LogP contribution in [0.4, 0.5) is 13.2 Å². The van der Waals surface area contributed by atoms with Gasteiger partial charge in [-0.05, 0) is 38.5 Å². The molecule has 1 N–H and O–H groups in total. The van der Waals surface area contributed by atoms with Gasteiger partial charge in [-0.2, -0.15) is 0 Å². The van der Waals surface area contributed by atoms with Crippen molar-refractivity contribution in [2.75, 3.05) is 13.1 Å². The first kappa shape index (κ1) is 18.3. The Hall–Kier alpha value is -1.76. The zero-order valence-corrected chi connectivity index (χ0v) is 12.8. The first-order valence-electron chi connectivity index (χ1n) is 6.85. The van der Waals surface area contributed by atoms with Crippen molar-refractivity contribution in [2.24, 2.45) is 0 Å². The molecule has 4 nitrogen and oxygen atoms in total. The number of nitrogens with zero attached hydrogens (tertiary/aromatic N) is 1. The Morgan fingerprint density at radius 3 is 2.18 bits per heavy atom. The van der Waals surface area contributed by atoms with E-state index >= 15 is 0 Å². The fourth-order valence-electron chi connectivity index (χ4n) is 1.94. The number of hydrogen-bond donors (Lipinski definition) is 1. The fourth-order valence-corrected chi connectivity index (χ4v) is 1.94. The van der Waals surface area contributed by atoms with Gasteiger partial charge in [0.25, 0.3) is 0 Å². The van der Waals surface area contributed by atoms with Crippen LogP contribution in [0.1, 0.15) is 26.3 Å². The highest BCUT2D eigenvalue weighted by molar-refractivity contribution is 5.78. The molecule has 0 radical (unpaired) electrons. The number of benzene rings is 1. The van der Waals surface area contributed by atoms with E-state index in [1.54, 1.807) is 20.8 Å². The van der Waals surface area contributed by atoms with Crippen molar-refractivity contribution in [1.29, 1.82) is 0 Å². The molecule has 7 heteroatoms. The Balaban J connectivity index is 2.68. The van der Waals surface area contributed by atoms with Crippen molar-refractivity contribution >= 4 is 5.91 Å². The third kappa shape index (κ3) is 6.80. The Kier molecular flexibility index (Phi) is 5.82. The standard InChI is InChI=1S/C15H20F3NO3/c1-4-19(10-14(2,3)21)13(20)9-11-5-7-12(8-6-11)22-15(16,17)18/h5-8,21H,4,9-10H2,1-3H3. The molecule has 0 fully saturated rings. The normalized spacial score (nSPS) is 12.1. The maximum atomic E-state index is 12.1. The Morgan fingerprint density at radius 2 is 1.77 bits per heavy atom. The minimum Gasteiger partial charge on any atom is -0.406 e. The van der Waals surface area contributed by atoms with Gasteiger partial charge >= 0.3 is 6.36 Å². The first-order valence-corrected chi connectivity index (χ1v) is 6.85. The third-order valence-corrected chi connectivity index (χ3v) is 2.82. The monoisotopic (exact) mass is 319 g/mol. The lowest BCUT2D eigenvalue weighted by Gasteiger charge is -2.28. The van der Waals surface area contributed by atoms with E-state index in [4.69, 9.17) is 0 Å². The van der Waals surface area contributed by atoms with E-state index in [1.807, 2.05) is 0 Å². The van der Waals surface area contributed by atoms with Crippen LogP contribution in [0.3, 0.4) is 0 Å². The van der Waals surface area contributed by atoms with E-state index in [9.17, 15) is 23.1 Å². The second kappa shape index (κ2) is 7.00. The second-order valence-corrected chi connectivity index (χ2v) is 5.59. The van der Waals surface area contributed by atoms with Crippen LogP contribution in [0.2, 0.25) is 0 Å². The molecule has 1 amide bonds. The second-order valence-electron chi connectivity index (χ2n) is 5.59. The summed E-state index contributed by atoms with van der Waals surface area (Å²) in [5.74, 6) is -0.526. The number of carbonyl (C=O) groups excluding carboxylic acids is 1. The van der Waals surface area contributed by atoms with E-state index in [1.165, 1.54) is 29.2 Å². The summed E-state index contributed by atoms with van der Waals surface area (Å²) in [6.07, 6.45) is -4.68. The third-order valence-electron chi connectivity index (χ3n) is 2.82. The Bertz CT molecular complexity index is 492. The van der Waals surface area contributed by atoms with Crippen LogP contribution in [0.15, 0.2) is 24.3 Å². The maximum Gasteiger partial charge on any atom is 0.573 e. The number of aliphatic hydroxyl groups is 1.